The van der Waals surface area contributed by atoms with Gasteiger partial charge in [0.15, 0.2) is 12.4 Å². The Hall–Kier alpha value is -2.15. The van der Waals surface area contributed by atoms with Crippen LogP contribution in [0, 0.1) is 10.1 Å². The van der Waals surface area contributed by atoms with Gasteiger partial charge in [0.2, 0.25) is 0 Å². The van der Waals surface area contributed by atoms with E-state index >= 15 is 0 Å². The maximum absolute atomic E-state index is 11.0. The molecule has 20 heavy (non-hydrogen) atoms. The summed E-state index contributed by atoms with van der Waals surface area (Å²) in [4.78, 5) is 21.1. The molecule has 0 saturated heterocycles. The van der Waals surface area contributed by atoms with Gasteiger partial charge in [-0.1, -0.05) is 6.07 Å². The Bertz CT molecular complexity index is 509. The lowest BCUT2D eigenvalue weighted by atomic mass is 10.1. The number of carbonyl (C=O) groups excluding carboxylic acids is 1. The number of nitrogens with one attached hydrogen (secondary N) is 1. The number of hydrogen-bond acceptors (Lipinski definition) is 5. The molecule has 0 atom stereocenters. The second-order valence-electron chi connectivity index (χ2n) is 5.42. The minimum atomic E-state index is -0.683. The quantitative estimate of drug-likeness (QED) is 0.604. The fourth-order valence-electron chi connectivity index (χ4n) is 1.45. The third-order valence-electron chi connectivity index (χ3n) is 2.41. The van der Waals surface area contributed by atoms with Crippen LogP contribution < -0.4 is 15.8 Å². The molecule has 0 saturated carbocycles. The molecule has 1 aromatic carbocycles. The van der Waals surface area contributed by atoms with E-state index < -0.39 is 10.8 Å². The van der Waals surface area contributed by atoms with Crippen LogP contribution in [-0.2, 0) is 11.3 Å². The predicted molar refractivity (Wildman–Crippen MR) is 74.4 cm³/mol. The molecule has 0 aromatic heterocycles. The number of nitro groups is 1. The summed E-state index contributed by atoms with van der Waals surface area (Å²) in [5.74, 6) is -0.647. The fourth-order valence-corrected chi connectivity index (χ4v) is 1.45. The lowest BCUT2D eigenvalue weighted by Crippen LogP contribution is -2.35. The van der Waals surface area contributed by atoms with E-state index in [4.69, 9.17) is 10.5 Å². The molecule has 1 aromatic rings. The van der Waals surface area contributed by atoms with Gasteiger partial charge in [-0.15, -0.1) is 0 Å². The molecule has 110 valence electrons. The van der Waals surface area contributed by atoms with E-state index in [2.05, 4.69) is 5.32 Å². The van der Waals surface area contributed by atoms with Crippen molar-refractivity contribution >= 4 is 11.6 Å². The summed E-state index contributed by atoms with van der Waals surface area (Å²) in [7, 11) is 0. The van der Waals surface area contributed by atoms with Crippen LogP contribution in [0.4, 0.5) is 5.69 Å². The van der Waals surface area contributed by atoms with Gasteiger partial charge in [0.25, 0.3) is 5.91 Å². The highest BCUT2D eigenvalue weighted by molar-refractivity contribution is 5.75. The fraction of sp³-hybridized carbons (Fsp3) is 0.462. The third-order valence-corrected chi connectivity index (χ3v) is 2.41. The molecule has 1 amide bonds. The van der Waals surface area contributed by atoms with Crippen LogP contribution in [0.1, 0.15) is 26.3 Å². The lowest BCUT2D eigenvalue weighted by molar-refractivity contribution is -0.385. The Morgan fingerprint density at radius 3 is 2.60 bits per heavy atom. The lowest BCUT2D eigenvalue weighted by Gasteiger charge is -2.20. The standard InChI is InChI=1S/C13H19N3O4/c1-13(2,3)15-7-9-4-5-11(20-8-12(14)17)10(6-9)16(18)19/h4-6,15H,7-8H2,1-3H3,(H2,14,17). The van der Waals surface area contributed by atoms with Crippen molar-refractivity contribution in [3.8, 4) is 5.75 Å². The van der Waals surface area contributed by atoms with Crippen molar-refractivity contribution in [2.45, 2.75) is 32.9 Å². The van der Waals surface area contributed by atoms with Crippen molar-refractivity contribution in [3.05, 3.63) is 33.9 Å². The Balaban J connectivity index is 2.89. The Labute approximate surface area is 117 Å². The average Bonchev–Trinajstić information content (AvgIpc) is 2.33. The highest BCUT2D eigenvalue weighted by Crippen LogP contribution is 2.28. The van der Waals surface area contributed by atoms with Crippen molar-refractivity contribution in [2.24, 2.45) is 5.73 Å². The van der Waals surface area contributed by atoms with Crippen molar-refractivity contribution in [1.82, 2.24) is 5.32 Å². The molecule has 3 N–H and O–H groups in total. The number of rotatable bonds is 6. The van der Waals surface area contributed by atoms with Crippen LogP contribution in [0.25, 0.3) is 0 Å². The molecule has 0 spiro atoms. The molecule has 0 radical (unpaired) electrons. The summed E-state index contributed by atoms with van der Waals surface area (Å²) >= 11 is 0. The molecule has 0 aliphatic carbocycles. The first-order valence-corrected chi connectivity index (χ1v) is 6.12. The molecule has 7 heteroatoms. The number of primary amides is 1. The number of nitro benzene ring substituents is 1. The molecular formula is C13H19N3O4. The van der Waals surface area contributed by atoms with Crippen LogP contribution in [0.2, 0.25) is 0 Å². The highest BCUT2D eigenvalue weighted by atomic mass is 16.6. The number of amides is 1. The summed E-state index contributed by atoms with van der Waals surface area (Å²) in [6.45, 7) is 6.13. The smallest absolute Gasteiger partial charge is 0.311 e. The van der Waals surface area contributed by atoms with Gasteiger partial charge in [0, 0.05) is 18.2 Å². The van der Waals surface area contributed by atoms with Gasteiger partial charge < -0.3 is 15.8 Å². The zero-order valence-electron chi connectivity index (χ0n) is 11.8. The van der Waals surface area contributed by atoms with E-state index in [0.29, 0.717) is 6.54 Å². The summed E-state index contributed by atoms with van der Waals surface area (Å²) in [6, 6.07) is 4.61. The van der Waals surface area contributed by atoms with Gasteiger partial charge in [0.1, 0.15) is 0 Å². The molecule has 0 unspecified atom stereocenters. The van der Waals surface area contributed by atoms with Crippen molar-refractivity contribution < 1.29 is 14.5 Å². The van der Waals surface area contributed by atoms with Crippen LogP contribution in [0.3, 0.4) is 0 Å². The summed E-state index contributed by atoms with van der Waals surface area (Å²) in [6.07, 6.45) is 0. The van der Waals surface area contributed by atoms with Gasteiger partial charge >= 0.3 is 5.69 Å². The summed E-state index contributed by atoms with van der Waals surface area (Å²) in [5, 5.41) is 14.2. The number of nitrogens with zero attached hydrogens (tertiary/aromatic N) is 1. The summed E-state index contributed by atoms with van der Waals surface area (Å²) in [5.41, 5.74) is 5.44. The summed E-state index contributed by atoms with van der Waals surface area (Å²) < 4.78 is 5.02. The Morgan fingerprint density at radius 2 is 2.10 bits per heavy atom. The molecule has 0 fully saturated rings. The van der Waals surface area contributed by atoms with Gasteiger partial charge in [-0.3, -0.25) is 14.9 Å². The van der Waals surface area contributed by atoms with Gasteiger partial charge in [-0.2, -0.15) is 0 Å². The van der Waals surface area contributed by atoms with E-state index in [1.54, 1.807) is 6.07 Å². The van der Waals surface area contributed by atoms with E-state index in [1.165, 1.54) is 12.1 Å². The zero-order chi connectivity index (χ0) is 15.3. The second-order valence-corrected chi connectivity index (χ2v) is 5.42. The number of carbonyl (C=O) groups is 1. The Kier molecular flexibility index (Phi) is 5.04. The third kappa shape index (κ3) is 5.23. The number of hydrogen-bond donors (Lipinski definition) is 2. The molecule has 1 rings (SSSR count). The largest absolute Gasteiger partial charge is 0.477 e. The van der Waals surface area contributed by atoms with Gasteiger partial charge in [-0.05, 0) is 32.4 Å². The van der Waals surface area contributed by atoms with Crippen molar-refractivity contribution in [1.29, 1.82) is 0 Å². The first kappa shape index (κ1) is 15.9. The molecule has 0 aliphatic rings. The van der Waals surface area contributed by atoms with Crippen LogP contribution >= 0.6 is 0 Å². The molecule has 0 heterocycles. The molecule has 0 aliphatic heterocycles. The number of nitrogens with two attached hydrogens (primary N) is 1. The van der Waals surface area contributed by atoms with E-state index in [1.807, 2.05) is 20.8 Å². The predicted octanol–water partition coefficient (Wildman–Crippen LogP) is 1.35. The van der Waals surface area contributed by atoms with E-state index in [0.717, 1.165) is 5.56 Å². The normalized spacial score (nSPS) is 11.2. The Morgan fingerprint density at radius 1 is 1.45 bits per heavy atom. The highest BCUT2D eigenvalue weighted by Gasteiger charge is 2.17. The van der Waals surface area contributed by atoms with Crippen molar-refractivity contribution in [3.63, 3.8) is 0 Å². The van der Waals surface area contributed by atoms with Crippen LogP contribution in [0.5, 0.6) is 5.75 Å². The molecule has 7 nitrogen and oxygen atoms in total. The van der Waals surface area contributed by atoms with Gasteiger partial charge in [-0.25, -0.2) is 0 Å². The number of benzene rings is 1. The SMILES string of the molecule is CC(C)(C)NCc1ccc(OCC(N)=O)c([N+](=O)[O-])c1. The second kappa shape index (κ2) is 6.33. The van der Waals surface area contributed by atoms with Crippen LogP contribution in [0.15, 0.2) is 18.2 Å². The maximum atomic E-state index is 11.0. The average molecular weight is 281 g/mol. The van der Waals surface area contributed by atoms with E-state index in [-0.39, 0.29) is 23.6 Å². The number of ether oxygens (including phenoxy) is 1. The monoisotopic (exact) mass is 281 g/mol. The van der Waals surface area contributed by atoms with Crippen molar-refractivity contribution in [2.75, 3.05) is 6.61 Å². The van der Waals surface area contributed by atoms with E-state index in [9.17, 15) is 14.9 Å². The first-order chi connectivity index (χ1) is 9.19. The molecule has 0 bridgehead atoms. The topological polar surface area (TPSA) is 107 Å². The maximum Gasteiger partial charge on any atom is 0.311 e. The minimum absolute atomic E-state index is 0.0355. The van der Waals surface area contributed by atoms with Crippen LogP contribution in [-0.4, -0.2) is 23.0 Å². The first-order valence-electron chi connectivity index (χ1n) is 6.12. The zero-order valence-corrected chi connectivity index (χ0v) is 11.8. The molecular weight excluding hydrogens is 262 g/mol. The minimum Gasteiger partial charge on any atom is -0.477 e. The van der Waals surface area contributed by atoms with Gasteiger partial charge in [0.05, 0.1) is 4.92 Å².